The first kappa shape index (κ1) is 16.0. The molecule has 4 nitrogen and oxygen atoms in total. The van der Waals surface area contributed by atoms with Gasteiger partial charge < -0.3 is 10.4 Å². The van der Waals surface area contributed by atoms with Crippen LogP contribution >= 0.6 is 0 Å². The normalized spacial score (nSPS) is 23.0. The Morgan fingerprint density at radius 1 is 1.05 bits per heavy atom. The smallest absolute Gasteiger partial charge is 0.307 e. The molecule has 0 saturated heterocycles. The third kappa shape index (κ3) is 5.62. The van der Waals surface area contributed by atoms with E-state index in [1.54, 1.807) is 0 Å². The van der Waals surface area contributed by atoms with E-state index in [1.165, 1.54) is 19.3 Å². The summed E-state index contributed by atoms with van der Waals surface area (Å²) in [5, 5.41) is 12.1. The first-order valence-electron chi connectivity index (χ1n) is 7.67. The number of carbonyl (C=O) groups excluding carboxylic acids is 1. The maximum Gasteiger partial charge on any atom is 0.307 e. The van der Waals surface area contributed by atoms with Crippen LogP contribution in [0.2, 0.25) is 0 Å². The molecule has 2 atom stereocenters. The molecular formula is C15H27NO3. The van der Waals surface area contributed by atoms with E-state index in [4.69, 9.17) is 5.11 Å². The molecule has 1 aliphatic rings. The van der Waals surface area contributed by atoms with Crippen LogP contribution in [0.1, 0.15) is 64.7 Å². The molecule has 0 aliphatic heterocycles. The molecule has 1 amide bonds. The third-order valence-corrected chi connectivity index (χ3v) is 4.00. The average Bonchev–Trinajstić information content (AvgIpc) is 2.42. The van der Waals surface area contributed by atoms with Crippen molar-refractivity contribution in [3.05, 3.63) is 0 Å². The Hall–Kier alpha value is -1.06. The zero-order chi connectivity index (χ0) is 14.1. The lowest BCUT2D eigenvalue weighted by atomic mass is 9.78. The van der Waals surface area contributed by atoms with Crippen LogP contribution in [-0.4, -0.2) is 23.5 Å². The maximum atomic E-state index is 12.0. The monoisotopic (exact) mass is 269 g/mol. The van der Waals surface area contributed by atoms with Crippen LogP contribution in [0.3, 0.4) is 0 Å². The van der Waals surface area contributed by atoms with Gasteiger partial charge in [-0.15, -0.1) is 0 Å². The summed E-state index contributed by atoms with van der Waals surface area (Å²) in [6.07, 6.45) is 9.08. The first-order chi connectivity index (χ1) is 9.16. The Bertz CT molecular complexity index is 291. The predicted molar refractivity (Wildman–Crippen MR) is 74.9 cm³/mol. The Morgan fingerprint density at radius 3 is 2.32 bits per heavy atom. The fourth-order valence-electron chi connectivity index (χ4n) is 2.81. The van der Waals surface area contributed by atoms with E-state index in [9.17, 15) is 9.59 Å². The molecule has 0 aromatic heterocycles. The van der Waals surface area contributed by atoms with Gasteiger partial charge in [0.25, 0.3) is 0 Å². The predicted octanol–water partition coefficient (Wildman–Crippen LogP) is 2.96. The van der Waals surface area contributed by atoms with Crippen molar-refractivity contribution in [1.29, 1.82) is 0 Å². The highest BCUT2D eigenvalue weighted by molar-refractivity contribution is 5.84. The van der Waals surface area contributed by atoms with Crippen molar-refractivity contribution in [3.8, 4) is 0 Å². The van der Waals surface area contributed by atoms with Crippen molar-refractivity contribution in [2.75, 3.05) is 6.54 Å². The molecule has 19 heavy (non-hydrogen) atoms. The summed E-state index contributed by atoms with van der Waals surface area (Å²) in [6, 6.07) is 0. The van der Waals surface area contributed by atoms with Gasteiger partial charge in [-0.2, -0.15) is 0 Å². The van der Waals surface area contributed by atoms with Crippen molar-refractivity contribution < 1.29 is 14.7 Å². The van der Waals surface area contributed by atoms with Crippen molar-refractivity contribution in [1.82, 2.24) is 5.32 Å². The summed E-state index contributed by atoms with van der Waals surface area (Å²) < 4.78 is 0. The van der Waals surface area contributed by atoms with Gasteiger partial charge in [0.05, 0.1) is 11.8 Å². The number of amides is 1. The lowest BCUT2D eigenvalue weighted by Crippen LogP contribution is -2.40. The van der Waals surface area contributed by atoms with E-state index in [0.29, 0.717) is 13.0 Å². The van der Waals surface area contributed by atoms with E-state index in [1.807, 2.05) is 0 Å². The summed E-state index contributed by atoms with van der Waals surface area (Å²) in [7, 11) is 0. The first-order valence-corrected chi connectivity index (χ1v) is 7.67. The second-order valence-corrected chi connectivity index (χ2v) is 5.54. The van der Waals surface area contributed by atoms with Crippen LogP contribution in [0, 0.1) is 11.8 Å². The molecule has 1 fully saturated rings. The molecule has 0 heterocycles. The Morgan fingerprint density at radius 2 is 1.68 bits per heavy atom. The quantitative estimate of drug-likeness (QED) is 0.666. The summed E-state index contributed by atoms with van der Waals surface area (Å²) in [4.78, 5) is 23.2. The van der Waals surface area contributed by atoms with Gasteiger partial charge in [0.1, 0.15) is 0 Å². The van der Waals surface area contributed by atoms with Gasteiger partial charge in [0.15, 0.2) is 0 Å². The van der Waals surface area contributed by atoms with Crippen molar-refractivity contribution in [2.24, 2.45) is 11.8 Å². The van der Waals surface area contributed by atoms with E-state index in [0.717, 1.165) is 32.1 Å². The highest BCUT2D eigenvalue weighted by Gasteiger charge is 2.35. The van der Waals surface area contributed by atoms with Crippen LogP contribution < -0.4 is 5.32 Å². The number of carboxylic acid groups (broad SMARTS) is 1. The third-order valence-electron chi connectivity index (χ3n) is 4.00. The SMILES string of the molecule is CCCCCCCNC(=O)[C@H]1CCCC[C@H]1C(=O)O. The second-order valence-electron chi connectivity index (χ2n) is 5.54. The van der Waals surface area contributed by atoms with Crippen LogP contribution in [0.4, 0.5) is 0 Å². The molecule has 0 radical (unpaired) electrons. The minimum Gasteiger partial charge on any atom is -0.481 e. The number of nitrogens with one attached hydrogen (secondary N) is 1. The fourth-order valence-corrected chi connectivity index (χ4v) is 2.81. The summed E-state index contributed by atoms with van der Waals surface area (Å²) in [6.45, 7) is 2.86. The molecule has 0 bridgehead atoms. The number of hydrogen-bond acceptors (Lipinski definition) is 2. The lowest BCUT2D eigenvalue weighted by molar-refractivity contribution is -0.148. The average molecular weight is 269 g/mol. The van der Waals surface area contributed by atoms with Crippen LogP contribution in [0.25, 0.3) is 0 Å². The van der Waals surface area contributed by atoms with Crippen LogP contribution in [0.5, 0.6) is 0 Å². The van der Waals surface area contributed by atoms with Gasteiger partial charge in [0, 0.05) is 6.54 Å². The van der Waals surface area contributed by atoms with E-state index < -0.39 is 11.9 Å². The van der Waals surface area contributed by atoms with Crippen molar-refractivity contribution in [3.63, 3.8) is 0 Å². The molecule has 0 unspecified atom stereocenters. The number of hydrogen-bond donors (Lipinski definition) is 2. The number of aliphatic carboxylic acids is 1. The van der Waals surface area contributed by atoms with Crippen molar-refractivity contribution >= 4 is 11.9 Å². The van der Waals surface area contributed by atoms with Gasteiger partial charge in [0.2, 0.25) is 5.91 Å². The minimum absolute atomic E-state index is 0.0532. The van der Waals surface area contributed by atoms with E-state index in [-0.39, 0.29) is 11.8 Å². The van der Waals surface area contributed by atoms with Crippen LogP contribution in [0.15, 0.2) is 0 Å². The standard InChI is InChI=1S/C15H27NO3/c1-2-3-4-5-8-11-16-14(17)12-9-6-7-10-13(12)15(18)19/h12-13H,2-11H2,1H3,(H,16,17)(H,18,19)/t12-,13+/m0/s1. The molecule has 0 aromatic rings. The number of carboxylic acids is 1. The minimum atomic E-state index is -0.817. The molecule has 1 rings (SSSR count). The van der Waals surface area contributed by atoms with Crippen LogP contribution in [-0.2, 0) is 9.59 Å². The molecule has 1 saturated carbocycles. The van der Waals surface area contributed by atoms with Gasteiger partial charge in [-0.25, -0.2) is 0 Å². The molecule has 0 spiro atoms. The molecule has 4 heteroatoms. The Kier molecular flexibility index (Phi) is 7.53. The number of carbonyl (C=O) groups is 2. The number of rotatable bonds is 8. The van der Waals surface area contributed by atoms with Gasteiger partial charge in [-0.1, -0.05) is 45.4 Å². The zero-order valence-electron chi connectivity index (χ0n) is 12.0. The van der Waals surface area contributed by atoms with Gasteiger partial charge >= 0.3 is 5.97 Å². The second kappa shape index (κ2) is 8.94. The van der Waals surface area contributed by atoms with Gasteiger partial charge in [-0.05, 0) is 19.3 Å². The topological polar surface area (TPSA) is 66.4 Å². The Balaban J connectivity index is 2.25. The number of unbranched alkanes of at least 4 members (excludes halogenated alkanes) is 4. The molecule has 0 aromatic carbocycles. The lowest BCUT2D eigenvalue weighted by Gasteiger charge is -2.27. The molecule has 1 aliphatic carbocycles. The summed E-state index contributed by atoms with van der Waals surface area (Å²) >= 11 is 0. The largest absolute Gasteiger partial charge is 0.481 e. The fraction of sp³-hybridized carbons (Fsp3) is 0.867. The summed E-state index contributed by atoms with van der Waals surface area (Å²) in [5.74, 6) is -1.67. The highest BCUT2D eigenvalue weighted by Crippen LogP contribution is 2.30. The van der Waals surface area contributed by atoms with E-state index >= 15 is 0 Å². The zero-order valence-corrected chi connectivity index (χ0v) is 12.0. The summed E-state index contributed by atoms with van der Waals surface area (Å²) in [5.41, 5.74) is 0. The molecule has 2 N–H and O–H groups in total. The highest BCUT2D eigenvalue weighted by atomic mass is 16.4. The molecular weight excluding hydrogens is 242 g/mol. The van der Waals surface area contributed by atoms with Crippen molar-refractivity contribution in [2.45, 2.75) is 64.7 Å². The van der Waals surface area contributed by atoms with Gasteiger partial charge in [-0.3, -0.25) is 9.59 Å². The maximum absolute atomic E-state index is 12.0. The van der Waals surface area contributed by atoms with E-state index in [2.05, 4.69) is 12.2 Å². The molecule has 110 valence electrons. The Labute approximate surface area is 116 Å².